The molecule has 2 heterocycles. The molecule has 0 bridgehead atoms. The number of anilines is 1. The summed E-state index contributed by atoms with van der Waals surface area (Å²) in [6, 6.07) is 18.5. The van der Waals surface area contributed by atoms with Gasteiger partial charge in [-0.15, -0.1) is 16.8 Å². The molecule has 7 nitrogen and oxygen atoms in total. The Morgan fingerprint density at radius 1 is 1.16 bits per heavy atom. The lowest BCUT2D eigenvalue weighted by molar-refractivity contribution is 0.102. The fraction of sp³-hybridized carbons (Fsp3) is 0.125. The average Bonchev–Trinajstić information content (AvgIpc) is 3.49. The third-order valence-electron chi connectivity index (χ3n) is 4.71. The SMILES string of the molecule is C=CCn1c(SCc2ccc(C(=O)Nc3ccccc3OC)cc2)nnc1-c1ccco1. The molecule has 2 aromatic heterocycles. The summed E-state index contributed by atoms with van der Waals surface area (Å²) < 4.78 is 12.7. The number of rotatable bonds is 9. The van der Waals surface area contributed by atoms with Gasteiger partial charge in [0.1, 0.15) is 5.75 Å². The zero-order valence-corrected chi connectivity index (χ0v) is 18.3. The number of hydrogen-bond donors (Lipinski definition) is 1. The summed E-state index contributed by atoms with van der Waals surface area (Å²) in [6.45, 7) is 4.40. The molecular formula is C24H22N4O3S. The number of thioether (sulfide) groups is 1. The van der Waals surface area contributed by atoms with Gasteiger partial charge in [-0.05, 0) is 42.0 Å². The first-order valence-electron chi connectivity index (χ1n) is 9.93. The number of methoxy groups -OCH3 is 1. The summed E-state index contributed by atoms with van der Waals surface area (Å²) in [6.07, 6.45) is 3.41. The van der Waals surface area contributed by atoms with Crippen LogP contribution in [0.5, 0.6) is 5.75 Å². The standard InChI is InChI=1S/C24H22N4O3S/c1-3-14-28-22(21-9-6-15-31-21)26-27-24(28)32-16-17-10-12-18(13-11-17)23(29)25-19-7-4-5-8-20(19)30-2/h3-13,15H,1,14,16H2,2H3,(H,25,29). The predicted octanol–water partition coefficient (Wildman–Crippen LogP) is 5.28. The molecule has 0 aliphatic rings. The maximum absolute atomic E-state index is 12.6. The lowest BCUT2D eigenvalue weighted by Gasteiger charge is -2.10. The van der Waals surface area contributed by atoms with Crippen molar-refractivity contribution in [3.05, 3.63) is 90.7 Å². The Bertz CT molecular complexity index is 1200. The molecule has 0 unspecified atom stereocenters. The second-order valence-corrected chi connectivity index (χ2v) is 7.77. The number of furan rings is 1. The van der Waals surface area contributed by atoms with Gasteiger partial charge < -0.3 is 14.5 Å². The van der Waals surface area contributed by atoms with Crippen molar-refractivity contribution in [1.82, 2.24) is 14.8 Å². The van der Waals surface area contributed by atoms with Gasteiger partial charge in [-0.1, -0.05) is 42.1 Å². The number of para-hydroxylation sites is 2. The molecular weight excluding hydrogens is 424 g/mol. The lowest BCUT2D eigenvalue weighted by atomic mass is 10.1. The van der Waals surface area contributed by atoms with Crippen LogP contribution in [0.25, 0.3) is 11.6 Å². The molecule has 162 valence electrons. The maximum atomic E-state index is 12.6. The van der Waals surface area contributed by atoms with Crippen molar-refractivity contribution in [2.45, 2.75) is 17.5 Å². The van der Waals surface area contributed by atoms with Crippen molar-refractivity contribution in [2.75, 3.05) is 12.4 Å². The molecule has 1 N–H and O–H groups in total. The van der Waals surface area contributed by atoms with E-state index in [-0.39, 0.29) is 5.91 Å². The Kier molecular flexibility index (Phi) is 6.72. The summed E-state index contributed by atoms with van der Waals surface area (Å²) in [5.41, 5.74) is 2.27. The number of carbonyl (C=O) groups excluding carboxylic acids is 1. The quantitative estimate of drug-likeness (QED) is 0.278. The zero-order chi connectivity index (χ0) is 22.3. The van der Waals surface area contributed by atoms with Crippen LogP contribution in [0.1, 0.15) is 15.9 Å². The molecule has 0 aliphatic heterocycles. The normalized spacial score (nSPS) is 10.7. The van der Waals surface area contributed by atoms with Crippen LogP contribution >= 0.6 is 11.8 Å². The van der Waals surface area contributed by atoms with Crippen LogP contribution in [0.2, 0.25) is 0 Å². The van der Waals surface area contributed by atoms with E-state index in [0.717, 1.165) is 10.7 Å². The second kappa shape index (κ2) is 10.0. The first-order chi connectivity index (χ1) is 15.7. The van der Waals surface area contributed by atoms with Gasteiger partial charge in [0.05, 0.1) is 19.1 Å². The summed E-state index contributed by atoms with van der Waals surface area (Å²) in [7, 11) is 1.57. The lowest BCUT2D eigenvalue weighted by Crippen LogP contribution is -2.12. The Morgan fingerprint density at radius 2 is 1.97 bits per heavy atom. The van der Waals surface area contributed by atoms with Gasteiger partial charge in [0.2, 0.25) is 5.82 Å². The number of nitrogens with one attached hydrogen (secondary N) is 1. The van der Waals surface area contributed by atoms with Gasteiger partial charge in [-0.25, -0.2) is 0 Å². The second-order valence-electron chi connectivity index (χ2n) is 6.82. The van der Waals surface area contributed by atoms with E-state index in [1.54, 1.807) is 43.3 Å². The summed E-state index contributed by atoms with van der Waals surface area (Å²) >= 11 is 1.56. The number of carbonyl (C=O) groups is 1. The van der Waals surface area contributed by atoms with Crippen LogP contribution in [0.3, 0.4) is 0 Å². The molecule has 32 heavy (non-hydrogen) atoms. The third-order valence-corrected chi connectivity index (χ3v) is 5.75. The van der Waals surface area contributed by atoms with Crippen molar-refractivity contribution in [3.63, 3.8) is 0 Å². The monoisotopic (exact) mass is 446 g/mol. The molecule has 4 rings (SSSR count). The van der Waals surface area contributed by atoms with Gasteiger partial charge in [-0.3, -0.25) is 9.36 Å². The number of ether oxygens (including phenoxy) is 1. The Hall–Kier alpha value is -3.78. The van der Waals surface area contributed by atoms with Crippen LogP contribution in [-0.2, 0) is 12.3 Å². The number of benzene rings is 2. The molecule has 0 saturated carbocycles. The summed E-state index contributed by atoms with van der Waals surface area (Å²) in [4.78, 5) is 12.6. The van der Waals surface area contributed by atoms with Crippen LogP contribution in [0.4, 0.5) is 5.69 Å². The van der Waals surface area contributed by atoms with Crippen LogP contribution < -0.4 is 10.1 Å². The number of hydrogen-bond acceptors (Lipinski definition) is 6. The molecule has 0 atom stereocenters. The van der Waals surface area contributed by atoms with Gasteiger partial charge >= 0.3 is 0 Å². The first-order valence-corrected chi connectivity index (χ1v) is 10.9. The molecule has 0 fully saturated rings. The van der Waals surface area contributed by atoms with Gasteiger partial charge in [0.25, 0.3) is 5.91 Å². The minimum atomic E-state index is -0.192. The van der Waals surface area contributed by atoms with Crippen LogP contribution in [-0.4, -0.2) is 27.8 Å². The fourth-order valence-corrected chi connectivity index (χ4v) is 4.02. The molecule has 1 amide bonds. The first kappa shape index (κ1) is 21.5. The van der Waals surface area contributed by atoms with Crippen molar-refractivity contribution >= 4 is 23.4 Å². The molecule has 2 aromatic carbocycles. The van der Waals surface area contributed by atoms with Crippen LogP contribution in [0, 0.1) is 0 Å². The van der Waals surface area contributed by atoms with Crippen molar-refractivity contribution < 1.29 is 13.9 Å². The van der Waals surface area contributed by atoms with Gasteiger partial charge in [0.15, 0.2) is 10.9 Å². The molecule has 0 saturated heterocycles. The van der Waals surface area contributed by atoms with E-state index in [1.807, 2.05) is 53.1 Å². The van der Waals surface area contributed by atoms with E-state index in [0.29, 0.717) is 40.9 Å². The number of allylic oxidation sites excluding steroid dienone is 1. The average molecular weight is 447 g/mol. The molecule has 0 spiro atoms. The highest BCUT2D eigenvalue weighted by Crippen LogP contribution is 2.27. The minimum absolute atomic E-state index is 0.192. The van der Waals surface area contributed by atoms with E-state index in [9.17, 15) is 4.79 Å². The van der Waals surface area contributed by atoms with E-state index in [1.165, 1.54) is 0 Å². The van der Waals surface area contributed by atoms with Crippen molar-refractivity contribution in [1.29, 1.82) is 0 Å². The van der Waals surface area contributed by atoms with E-state index >= 15 is 0 Å². The van der Waals surface area contributed by atoms with E-state index in [2.05, 4.69) is 22.1 Å². The molecule has 4 aromatic rings. The summed E-state index contributed by atoms with van der Waals surface area (Å²) in [5.74, 6) is 2.44. The number of amides is 1. The predicted molar refractivity (Wildman–Crippen MR) is 125 cm³/mol. The smallest absolute Gasteiger partial charge is 0.255 e. The van der Waals surface area contributed by atoms with E-state index < -0.39 is 0 Å². The highest BCUT2D eigenvalue weighted by molar-refractivity contribution is 7.98. The van der Waals surface area contributed by atoms with Crippen molar-refractivity contribution in [3.8, 4) is 17.3 Å². The summed E-state index contributed by atoms with van der Waals surface area (Å²) in [5, 5.41) is 12.2. The number of nitrogens with zero attached hydrogens (tertiary/aromatic N) is 3. The highest BCUT2D eigenvalue weighted by atomic mass is 32.2. The maximum Gasteiger partial charge on any atom is 0.255 e. The van der Waals surface area contributed by atoms with E-state index in [4.69, 9.17) is 9.15 Å². The number of aromatic nitrogens is 3. The topological polar surface area (TPSA) is 82.2 Å². The fourth-order valence-electron chi connectivity index (χ4n) is 3.12. The molecule has 0 radical (unpaired) electrons. The molecule has 8 heteroatoms. The van der Waals surface area contributed by atoms with Gasteiger partial charge in [-0.2, -0.15) is 0 Å². The molecule has 0 aliphatic carbocycles. The third kappa shape index (κ3) is 4.76. The Labute approximate surface area is 190 Å². The minimum Gasteiger partial charge on any atom is -0.495 e. The Morgan fingerprint density at radius 3 is 2.69 bits per heavy atom. The zero-order valence-electron chi connectivity index (χ0n) is 17.5. The highest BCUT2D eigenvalue weighted by Gasteiger charge is 2.16. The Balaban J connectivity index is 1.42. The largest absolute Gasteiger partial charge is 0.495 e. The van der Waals surface area contributed by atoms with Crippen molar-refractivity contribution in [2.24, 2.45) is 0 Å². The van der Waals surface area contributed by atoms with Gasteiger partial charge in [0, 0.05) is 17.9 Å². The van der Waals surface area contributed by atoms with Crippen LogP contribution in [0.15, 0.2) is 89.2 Å².